The minimum atomic E-state index is -0.495. The van der Waals surface area contributed by atoms with Crippen LogP contribution in [-0.2, 0) is 9.59 Å². The summed E-state index contributed by atoms with van der Waals surface area (Å²) in [6, 6.07) is 13.7. The molecule has 2 aromatic rings. The van der Waals surface area contributed by atoms with Gasteiger partial charge in [0.2, 0.25) is 11.8 Å². The van der Waals surface area contributed by atoms with Gasteiger partial charge in [-0.3, -0.25) is 14.5 Å². The average Bonchev–Trinajstić information content (AvgIpc) is 2.95. The standard InChI is InChI=1S/C23H25N3O2S/c1-5-12-26-22(28)20(29-23(26)24-18-9-6-15(2)7-10-18)14-21(27)25-19-11-8-16(3)13-17(19)4/h5-11,13,20H,1,12,14H2,2-4H3,(H,25,27)/t20-/m1/s1. The second-order valence-corrected chi connectivity index (χ2v) is 8.31. The molecule has 1 N–H and O–H groups in total. The van der Waals surface area contributed by atoms with Gasteiger partial charge in [-0.05, 0) is 44.5 Å². The second kappa shape index (κ2) is 9.09. The van der Waals surface area contributed by atoms with E-state index in [2.05, 4.69) is 16.9 Å². The molecule has 0 saturated carbocycles. The average molecular weight is 408 g/mol. The molecule has 6 heteroatoms. The highest BCUT2D eigenvalue weighted by atomic mass is 32.2. The summed E-state index contributed by atoms with van der Waals surface area (Å²) in [6.45, 7) is 10.1. The molecule has 2 amide bonds. The van der Waals surface area contributed by atoms with E-state index in [1.807, 2.05) is 63.2 Å². The van der Waals surface area contributed by atoms with Crippen LogP contribution in [0.1, 0.15) is 23.1 Å². The van der Waals surface area contributed by atoms with E-state index in [0.29, 0.717) is 11.7 Å². The predicted octanol–water partition coefficient (Wildman–Crippen LogP) is 4.76. The molecule has 1 aliphatic rings. The fraction of sp³-hybridized carbons (Fsp3) is 0.261. The predicted molar refractivity (Wildman–Crippen MR) is 121 cm³/mol. The Morgan fingerprint density at radius 1 is 1.17 bits per heavy atom. The molecule has 1 saturated heterocycles. The van der Waals surface area contributed by atoms with Gasteiger partial charge in [0.1, 0.15) is 5.25 Å². The molecule has 1 heterocycles. The first kappa shape index (κ1) is 20.9. The Balaban J connectivity index is 1.74. The van der Waals surface area contributed by atoms with Crippen molar-refractivity contribution in [3.05, 3.63) is 71.8 Å². The van der Waals surface area contributed by atoms with Crippen molar-refractivity contribution in [1.29, 1.82) is 0 Å². The molecule has 3 rings (SSSR count). The van der Waals surface area contributed by atoms with E-state index in [4.69, 9.17) is 0 Å². The molecule has 0 spiro atoms. The third kappa shape index (κ3) is 5.15. The molecule has 0 radical (unpaired) electrons. The van der Waals surface area contributed by atoms with Gasteiger partial charge in [-0.2, -0.15) is 0 Å². The zero-order chi connectivity index (χ0) is 21.0. The minimum Gasteiger partial charge on any atom is -0.326 e. The van der Waals surface area contributed by atoms with Gasteiger partial charge < -0.3 is 5.32 Å². The maximum atomic E-state index is 12.8. The molecule has 0 unspecified atom stereocenters. The molecular weight excluding hydrogens is 382 g/mol. The Morgan fingerprint density at radius 2 is 1.86 bits per heavy atom. The number of rotatable bonds is 6. The van der Waals surface area contributed by atoms with Crippen LogP contribution in [0.15, 0.2) is 60.1 Å². The van der Waals surface area contributed by atoms with Crippen molar-refractivity contribution >= 4 is 40.1 Å². The summed E-state index contributed by atoms with van der Waals surface area (Å²) in [7, 11) is 0. The van der Waals surface area contributed by atoms with E-state index in [1.165, 1.54) is 11.8 Å². The van der Waals surface area contributed by atoms with Gasteiger partial charge in [-0.15, -0.1) is 6.58 Å². The lowest BCUT2D eigenvalue weighted by Gasteiger charge is -2.14. The SMILES string of the molecule is C=CCN1C(=O)[C@@H](CC(=O)Nc2ccc(C)cc2C)SC1=Nc1ccc(C)cc1. The molecule has 0 bridgehead atoms. The lowest BCUT2D eigenvalue weighted by Crippen LogP contribution is -2.33. The van der Waals surface area contributed by atoms with E-state index < -0.39 is 5.25 Å². The number of aliphatic imine (C=N–C) groups is 1. The van der Waals surface area contributed by atoms with E-state index in [1.54, 1.807) is 11.0 Å². The number of carbonyl (C=O) groups excluding carboxylic acids is 2. The van der Waals surface area contributed by atoms with Crippen molar-refractivity contribution in [2.24, 2.45) is 4.99 Å². The fourth-order valence-electron chi connectivity index (χ4n) is 3.08. The van der Waals surface area contributed by atoms with Gasteiger partial charge in [0.05, 0.1) is 5.69 Å². The second-order valence-electron chi connectivity index (χ2n) is 7.14. The van der Waals surface area contributed by atoms with Crippen molar-refractivity contribution in [2.45, 2.75) is 32.4 Å². The van der Waals surface area contributed by atoms with Crippen LogP contribution in [0.25, 0.3) is 0 Å². The number of amides is 2. The molecule has 5 nitrogen and oxygen atoms in total. The number of nitrogens with zero attached hydrogens (tertiary/aromatic N) is 2. The van der Waals surface area contributed by atoms with Crippen molar-refractivity contribution in [3.8, 4) is 0 Å². The lowest BCUT2D eigenvalue weighted by molar-refractivity contribution is -0.127. The maximum absolute atomic E-state index is 12.8. The van der Waals surface area contributed by atoms with Crippen LogP contribution in [0.4, 0.5) is 11.4 Å². The van der Waals surface area contributed by atoms with Crippen molar-refractivity contribution in [1.82, 2.24) is 4.90 Å². The van der Waals surface area contributed by atoms with Crippen LogP contribution >= 0.6 is 11.8 Å². The highest BCUT2D eigenvalue weighted by Crippen LogP contribution is 2.32. The number of anilines is 1. The number of amidine groups is 1. The summed E-state index contributed by atoms with van der Waals surface area (Å²) in [6.07, 6.45) is 1.76. The Morgan fingerprint density at radius 3 is 2.52 bits per heavy atom. The van der Waals surface area contributed by atoms with Gasteiger partial charge in [-0.1, -0.05) is 53.2 Å². The molecule has 29 heavy (non-hydrogen) atoms. The van der Waals surface area contributed by atoms with Crippen LogP contribution < -0.4 is 5.32 Å². The van der Waals surface area contributed by atoms with E-state index in [-0.39, 0.29) is 18.2 Å². The third-order valence-corrected chi connectivity index (χ3v) is 5.79. The topological polar surface area (TPSA) is 61.8 Å². The Hall–Kier alpha value is -2.86. The van der Waals surface area contributed by atoms with Gasteiger partial charge in [0.15, 0.2) is 5.17 Å². The summed E-state index contributed by atoms with van der Waals surface area (Å²) >= 11 is 1.33. The lowest BCUT2D eigenvalue weighted by atomic mass is 10.1. The number of benzene rings is 2. The molecule has 1 fully saturated rings. The zero-order valence-electron chi connectivity index (χ0n) is 16.9. The summed E-state index contributed by atoms with van der Waals surface area (Å²) in [4.78, 5) is 31.6. The smallest absolute Gasteiger partial charge is 0.242 e. The highest BCUT2D eigenvalue weighted by molar-refractivity contribution is 8.15. The highest BCUT2D eigenvalue weighted by Gasteiger charge is 2.38. The van der Waals surface area contributed by atoms with Gasteiger partial charge in [0.25, 0.3) is 0 Å². The molecule has 0 aromatic heterocycles. The van der Waals surface area contributed by atoms with Gasteiger partial charge in [0, 0.05) is 18.7 Å². The molecule has 1 aliphatic heterocycles. The van der Waals surface area contributed by atoms with Crippen LogP contribution in [0.3, 0.4) is 0 Å². The van der Waals surface area contributed by atoms with Crippen molar-refractivity contribution < 1.29 is 9.59 Å². The maximum Gasteiger partial charge on any atom is 0.242 e. The fourth-order valence-corrected chi connectivity index (χ4v) is 4.24. The van der Waals surface area contributed by atoms with Crippen molar-refractivity contribution in [2.75, 3.05) is 11.9 Å². The van der Waals surface area contributed by atoms with Crippen molar-refractivity contribution in [3.63, 3.8) is 0 Å². The van der Waals surface area contributed by atoms with E-state index >= 15 is 0 Å². The Bertz CT molecular complexity index is 967. The number of nitrogens with one attached hydrogen (secondary N) is 1. The molecule has 2 aromatic carbocycles. The largest absolute Gasteiger partial charge is 0.326 e. The van der Waals surface area contributed by atoms with Crippen LogP contribution in [0.2, 0.25) is 0 Å². The zero-order valence-corrected chi connectivity index (χ0v) is 17.8. The number of aryl methyl sites for hydroxylation is 3. The first-order valence-electron chi connectivity index (χ1n) is 9.49. The van der Waals surface area contributed by atoms with Crippen LogP contribution in [-0.4, -0.2) is 33.7 Å². The number of carbonyl (C=O) groups is 2. The monoisotopic (exact) mass is 407 g/mol. The molecule has 1 atom stereocenters. The summed E-state index contributed by atoms with van der Waals surface area (Å²) in [5.74, 6) is -0.297. The van der Waals surface area contributed by atoms with Crippen LogP contribution in [0.5, 0.6) is 0 Å². The Kier molecular flexibility index (Phi) is 6.54. The summed E-state index contributed by atoms with van der Waals surface area (Å²) < 4.78 is 0. The summed E-state index contributed by atoms with van der Waals surface area (Å²) in [5.41, 5.74) is 4.83. The molecular formula is C23H25N3O2S. The van der Waals surface area contributed by atoms with Gasteiger partial charge in [-0.25, -0.2) is 4.99 Å². The summed E-state index contributed by atoms with van der Waals surface area (Å²) in [5, 5.41) is 3.02. The number of hydrogen-bond donors (Lipinski definition) is 1. The number of hydrogen-bond acceptors (Lipinski definition) is 4. The molecule has 0 aliphatic carbocycles. The first-order chi connectivity index (χ1) is 13.9. The van der Waals surface area contributed by atoms with Crippen LogP contribution in [0, 0.1) is 20.8 Å². The van der Waals surface area contributed by atoms with Gasteiger partial charge >= 0.3 is 0 Å². The number of thioether (sulfide) groups is 1. The van der Waals surface area contributed by atoms with E-state index in [0.717, 1.165) is 28.1 Å². The quantitative estimate of drug-likeness (QED) is 0.703. The minimum absolute atomic E-state index is 0.0946. The molecule has 150 valence electrons. The van der Waals surface area contributed by atoms with E-state index in [9.17, 15) is 9.59 Å². The normalized spacial score (nSPS) is 17.6. The Labute approximate surface area is 175 Å². The first-order valence-corrected chi connectivity index (χ1v) is 10.4. The third-order valence-electron chi connectivity index (χ3n) is 4.62.